The van der Waals surface area contributed by atoms with Crippen LogP contribution >= 0.6 is 0 Å². The molecule has 10 heavy (non-hydrogen) atoms. The van der Waals surface area contributed by atoms with E-state index in [1.165, 1.54) is 0 Å². The van der Waals surface area contributed by atoms with Gasteiger partial charge in [0, 0.05) is 0 Å². The van der Waals surface area contributed by atoms with Crippen LogP contribution in [0.15, 0.2) is 12.2 Å². The first-order valence-electron chi connectivity index (χ1n) is 3.84. The van der Waals surface area contributed by atoms with E-state index in [0.717, 1.165) is 6.42 Å². The van der Waals surface area contributed by atoms with Crippen LogP contribution in [0.4, 0.5) is 0 Å². The summed E-state index contributed by atoms with van der Waals surface area (Å²) in [5.41, 5.74) is 0. The maximum atomic E-state index is 7.11. The van der Waals surface area contributed by atoms with Crippen molar-refractivity contribution in [2.75, 3.05) is 0 Å². The summed E-state index contributed by atoms with van der Waals surface area (Å²) in [7, 11) is 0. The van der Waals surface area contributed by atoms with Crippen LogP contribution < -0.4 is 0 Å². The summed E-state index contributed by atoms with van der Waals surface area (Å²) in [5.74, 6) is 1.02. The average Bonchev–Trinajstić information content (AvgIpc) is 1.89. The average molecular weight is 139 g/mol. The van der Waals surface area contributed by atoms with Crippen molar-refractivity contribution in [3.63, 3.8) is 0 Å². The summed E-state index contributed by atoms with van der Waals surface area (Å²) in [4.78, 5) is 0. The van der Waals surface area contributed by atoms with E-state index in [0.29, 0.717) is 11.8 Å². The molecule has 58 valence electrons. The van der Waals surface area contributed by atoms with Crippen molar-refractivity contribution in [1.29, 1.82) is 5.41 Å². The molecule has 0 amide bonds. The van der Waals surface area contributed by atoms with Crippen LogP contribution in [0.1, 0.15) is 27.2 Å². The minimum Gasteiger partial charge on any atom is -0.313 e. The van der Waals surface area contributed by atoms with Gasteiger partial charge in [0.2, 0.25) is 0 Å². The van der Waals surface area contributed by atoms with Gasteiger partial charge in [-0.15, -0.1) is 0 Å². The topological polar surface area (TPSA) is 23.9 Å². The third kappa shape index (κ3) is 3.44. The molecule has 1 N–H and O–H groups in total. The van der Waals surface area contributed by atoms with Crippen molar-refractivity contribution in [3.8, 4) is 0 Å². The first kappa shape index (κ1) is 9.41. The Morgan fingerprint density at radius 1 is 1.40 bits per heavy atom. The molecular weight excluding hydrogens is 122 g/mol. The Labute approximate surface area is 63.7 Å². The molecule has 0 saturated heterocycles. The van der Waals surface area contributed by atoms with Gasteiger partial charge in [-0.3, -0.25) is 0 Å². The van der Waals surface area contributed by atoms with E-state index in [4.69, 9.17) is 5.41 Å². The first-order valence-corrected chi connectivity index (χ1v) is 3.84. The Bertz CT molecular complexity index is 114. The molecule has 0 heterocycles. The van der Waals surface area contributed by atoms with E-state index < -0.39 is 0 Å². The van der Waals surface area contributed by atoms with E-state index >= 15 is 0 Å². The molecule has 0 aromatic rings. The lowest BCUT2D eigenvalue weighted by Gasteiger charge is -2.12. The van der Waals surface area contributed by atoms with Crippen molar-refractivity contribution in [1.82, 2.24) is 0 Å². The Balaban J connectivity index is 3.71. The SMILES string of the molecule is C/C=C\CC(C=N)C(C)C. The zero-order valence-electron chi connectivity index (χ0n) is 7.09. The van der Waals surface area contributed by atoms with Gasteiger partial charge in [-0.25, -0.2) is 0 Å². The molecule has 0 spiro atoms. The van der Waals surface area contributed by atoms with E-state index in [1.54, 1.807) is 6.21 Å². The Morgan fingerprint density at radius 2 is 2.00 bits per heavy atom. The second kappa shape index (κ2) is 5.21. The minimum absolute atomic E-state index is 0.427. The monoisotopic (exact) mass is 139 g/mol. The normalized spacial score (nSPS) is 14.4. The molecule has 0 radical (unpaired) electrons. The number of rotatable bonds is 4. The summed E-state index contributed by atoms with van der Waals surface area (Å²) >= 11 is 0. The van der Waals surface area contributed by atoms with Crippen LogP contribution in [0.2, 0.25) is 0 Å². The fraction of sp³-hybridized carbons (Fsp3) is 0.667. The highest BCUT2D eigenvalue weighted by atomic mass is 14.4. The molecule has 0 aliphatic carbocycles. The molecule has 1 heteroatoms. The highest BCUT2D eigenvalue weighted by molar-refractivity contribution is 5.57. The molecule has 0 fully saturated rings. The van der Waals surface area contributed by atoms with Gasteiger partial charge in [0.25, 0.3) is 0 Å². The molecule has 1 nitrogen and oxygen atoms in total. The molecule has 0 aromatic heterocycles. The molecule has 0 rings (SSSR count). The molecule has 0 aliphatic rings. The van der Waals surface area contributed by atoms with Gasteiger partial charge in [0.15, 0.2) is 0 Å². The Morgan fingerprint density at radius 3 is 2.30 bits per heavy atom. The molecule has 0 bridgehead atoms. The number of hydrogen-bond acceptors (Lipinski definition) is 1. The van der Waals surface area contributed by atoms with E-state index in [2.05, 4.69) is 19.9 Å². The van der Waals surface area contributed by atoms with Crippen LogP contribution in [-0.4, -0.2) is 6.21 Å². The third-order valence-corrected chi connectivity index (χ3v) is 1.71. The largest absolute Gasteiger partial charge is 0.313 e. The number of allylic oxidation sites excluding steroid dienone is 2. The lowest BCUT2D eigenvalue weighted by atomic mass is 9.94. The molecule has 0 aromatic carbocycles. The smallest absolute Gasteiger partial charge is 0.000736 e. The second-order valence-electron chi connectivity index (χ2n) is 2.88. The Hall–Kier alpha value is -0.590. The van der Waals surface area contributed by atoms with E-state index in [9.17, 15) is 0 Å². The molecule has 1 atom stereocenters. The van der Waals surface area contributed by atoms with Gasteiger partial charge in [-0.1, -0.05) is 26.0 Å². The van der Waals surface area contributed by atoms with Gasteiger partial charge >= 0.3 is 0 Å². The van der Waals surface area contributed by atoms with Gasteiger partial charge in [-0.05, 0) is 31.4 Å². The van der Waals surface area contributed by atoms with Crippen LogP contribution in [0.3, 0.4) is 0 Å². The van der Waals surface area contributed by atoms with Crippen molar-refractivity contribution in [3.05, 3.63) is 12.2 Å². The highest BCUT2D eigenvalue weighted by Crippen LogP contribution is 2.12. The maximum Gasteiger partial charge on any atom is -0.000736 e. The van der Waals surface area contributed by atoms with Crippen molar-refractivity contribution >= 4 is 6.21 Å². The van der Waals surface area contributed by atoms with Gasteiger partial charge < -0.3 is 5.41 Å². The van der Waals surface area contributed by atoms with Gasteiger partial charge in [0.1, 0.15) is 0 Å². The molecular formula is C9H17N. The molecule has 1 unspecified atom stereocenters. The predicted octanol–water partition coefficient (Wildman–Crippen LogP) is 2.87. The quantitative estimate of drug-likeness (QED) is 0.457. The van der Waals surface area contributed by atoms with Crippen LogP contribution in [-0.2, 0) is 0 Å². The van der Waals surface area contributed by atoms with E-state index in [-0.39, 0.29) is 0 Å². The summed E-state index contributed by atoms with van der Waals surface area (Å²) in [6.45, 7) is 6.32. The number of hydrogen-bond donors (Lipinski definition) is 1. The first-order chi connectivity index (χ1) is 4.72. The lowest BCUT2D eigenvalue weighted by molar-refractivity contribution is 0.505. The minimum atomic E-state index is 0.427. The summed E-state index contributed by atoms with van der Waals surface area (Å²) in [6.07, 6.45) is 6.72. The van der Waals surface area contributed by atoms with E-state index in [1.807, 2.05) is 13.0 Å². The lowest BCUT2D eigenvalue weighted by Crippen LogP contribution is -2.07. The fourth-order valence-corrected chi connectivity index (χ4v) is 0.826. The van der Waals surface area contributed by atoms with Gasteiger partial charge in [0.05, 0.1) is 0 Å². The third-order valence-electron chi connectivity index (χ3n) is 1.71. The predicted molar refractivity (Wildman–Crippen MR) is 46.5 cm³/mol. The van der Waals surface area contributed by atoms with Crippen LogP contribution in [0.5, 0.6) is 0 Å². The fourth-order valence-electron chi connectivity index (χ4n) is 0.826. The van der Waals surface area contributed by atoms with Crippen LogP contribution in [0, 0.1) is 17.2 Å². The second-order valence-corrected chi connectivity index (χ2v) is 2.88. The maximum absolute atomic E-state index is 7.11. The zero-order chi connectivity index (χ0) is 7.98. The summed E-state index contributed by atoms with van der Waals surface area (Å²) in [6, 6.07) is 0. The standard InChI is InChI=1S/C9H17N/c1-4-5-6-9(7-10)8(2)3/h4-5,7-10H,6H2,1-3H3/b5-4-,10-7?. The van der Waals surface area contributed by atoms with Crippen LogP contribution in [0.25, 0.3) is 0 Å². The van der Waals surface area contributed by atoms with Crippen molar-refractivity contribution < 1.29 is 0 Å². The highest BCUT2D eigenvalue weighted by Gasteiger charge is 2.06. The van der Waals surface area contributed by atoms with Gasteiger partial charge in [-0.2, -0.15) is 0 Å². The number of nitrogens with one attached hydrogen (secondary N) is 1. The zero-order valence-corrected chi connectivity index (χ0v) is 7.09. The van der Waals surface area contributed by atoms with Crippen molar-refractivity contribution in [2.45, 2.75) is 27.2 Å². The summed E-state index contributed by atoms with van der Waals surface area (Å²) < 4.78 is 0. The Kier molecular flexibility index (Phi) is 4.91. The summed E-state index contributed by atoms with van der Waals surface area (Å²) in [5, 5.41) is 7.11. The molecule has 0 aliphatic heterocycles. The van der Waals surface area contributed by atoms with Crippen molar-refractivity contribution in [2.24, 2.45) is 11.8 Å². The molecule has 0 saturated carbocycles.